The van der Waals surface area contributed by atoms with Crippen molar-refractivity contribution in [2.45, 2.75) is 26.7 Å². The molecule has 1 aliphatic rings. The second kappa shape index (κ2) is 10.8. The quantitative estimate of drug-likeness (QED) is 0.564. The van der Waals surface area contributed by atoms with Crippen LogP contribution in [0.4, 0.5) is 5.69 Å². The molecule has 0 bridgehead atoms. The number of nitriles is 1. The van der Waals surface area contributed by atoms with Crippen LogP contribution in [-0.4, -0.2) is 25.1 Å². The zero-order valence-electron chi connectivity index (χ0n) is 19.0. The van der Waals surface area contributed by atoms with Crippen molar-refractivity contribution >= 4 is 29.2 Å². The number of hydrogen-bond donors (Lipinski definition) is 2. The Kier molecular flexibility index (Phi) is 7.82. The number of anilines is 1. The summed E-state index contributed by atoms with van der Waals surface area (Å²) in [5.41, 5.74) is 8.04. The van der Waals surface area contributed by atoms with Gasteiger partial charge in [0.1, 0.15) is 23.2 Å². The van der Waals surface area contributed by atoms with Crippen LogP contribution in [0.1, 0.15) is 30.9 Å². The van der Waals surface area contributed by atoms with E-state index in [9.17, 15) is 14.9 Å². The molecule has 176 valence electrons. The number of allylic oxidation sites excluding steroid dienone is 2. The van der Waals surface area contributed by atoms with E-state index in [0.29, 0.717) is 22.0 Å². The standard InChI is InChI=1S/C25H24ClN3O5/c1-4-32-25(31)22-15(3)34-24(28)18(12-27)23(22)17-7-5-6-8-20(17)33-13-21(30)29-19-11-16(26)10-9-14(19)2/h5-11,23H,4,13,28H2,1-3H3,(H,29,30). The zero-order chi connectivity index (χ0) is 24.8. The Labute approximate surface area is 202 Å². The highest BCUT2D eigenvalue weighted by Crippen LogP contribution is 2.42. The highest BCUT2D eigenvalue weighted by atomic mass is 35.5. The van der Waals surface area contributed by atoms with Crippen LogP contribution in [0.2, 0.25) is 5.02 Å². The van der Waals surface area contributed by atoms with Crippen molar-refractivity contribution in [3.63, 3.8) is 0 Å². The van der Waals surface area contributed by atoms with Gasteiger partial charge in [-0.3, -0.25) is 4.79 Å². The van der Waals surface area contributed by atoms with Crippen LogP contribution in [0.15, 0.2) is 65.3 Å². The maximum atomic E-state index is 12.8. The number of hydrogen-bond acceptors (Lipinski definition) is 7. The predicted molar refractivity (Wildman–Crippen MR) is 127 cm³/mol. The summed E-state index contributed by atoms with van der Waals surface area (Å²) in [7, 11) is 0. The largest absolute Gasteiger partial charge is 0.483 e. The number of benzene rings is 2. The van der Waals surface area contributed by atoms with Gasteiger partial charge in [0.05, 0.1) is 18.1 Å². The molecule has 3 N–H and O–H groups in total. The van der Waals surface area contributed by atoms with Crippen LogP contribution < -0.4 is 15.8 Å². The van der Waals surface area contributed by atoms with Gasteiger partial charge in [0.2, 0.25) is 5.88 Å². The Morgan fingerprint density at radius 1 is 1.24 bits per heavy atom. The van der Waals surface area contributed by atoms with Gasteiger partial charge in [0, 0.05) is 16.3 Å². The molecule has 9 heteroatoms. The second-order valence-corrected chi connectivity index (χ2v) is 7.89. The van der Waals surface area contributed by atoms with E-state index in [1.165, 1.54) is 0 Å². The monoisotopic (exact) mass is 481 g/mol. The summed E-state index contributed by atoms with van der Waals surface area (Å²) in [6.45, 7) is 4.93. The number of amides is 1. The number of carbonyl (C=O) groups excluding carboxylic acids is 2. The summed E-state index contributed by atoms with van der Waals surface area (Å²) < 4.78 is 16.4. The van der Waals surface area contributed by atoms with Crippen LogP contribution in [0.3, 0.4) is 0 Å². The maximum absolute atomic E-state index is 12.8. The van der Waals surface area contributed by atoms with Crippen LogP contribution >= 0.6 is 11.6 Å². The van der Waals surface area contributed by atoms with Gasteiger partial charge in [-0.25, -0.2) is 4.79 Å². The van der Waals surface area contributed by atoms with E-state index in [4.69, 9.17) is 31.5 Å². The van der Waals surface area contributed by atoms with Gasteiger partial charge in [-0.2, -0.15) is 5.26 Å². The summed E-state index contributed by atoms with van der Waals surface area (Å²) in [6.07, 6.45) is 0. The Morgan fingerprint density at radius 3 is 2.68 bits per heavy atom. The van der Waals surface area contributed by atoms with Gasteiger partial charge in [0.25, 0.3) is 5.91 Å². The highest BCUT2D eigenvalue weighted by Gasteiger charge is 2.37. The van der Waals surface area contributed by atoms with Crippen LogP contribution in [0.5, 0.6) is 5.75 Å². The number of nitrogens with two attached hydrogens (primary N) is 1. The lowest BCUT2D eigenvalue weighted by molar-refractivity contribution is -0.139. The number of para-hydroxylation sites is 1. The Hall–Kier alpha value is -3.96. The maximum Gasteiger partial charge on any atom is 0.338 e. The summed E-state index contributed by atoms with van der Waals surface area (Å²) in [6, 6.07) is 14.0. The first-order valence-corrected chi connectivity index (χ1v) is 10.9. The normalized spacial score (nSPS) is 15.3. The lowest BCUT2D eigenvalue weighted by atomic mass is 9.82. The van der Waals surface area contributed by atoms with Crippen LogP contribution in [0, 0.1) is 18.3 Å². The number of nitrogens with one attached hydrogen (secondary N) is 1. The molecule has 0 saturated carbocycles. The fraction of sp³-hybridized carbons (Fsp3) is 0.240. The Balaban J connectivity index is 1.91. The van der Waals surface area contributed by atoms with Gasteiger partial charge in [0.15, 0.2) is 6.61 Å². The molecule has 0 fully saturated rings. The molecule has 0 aromatic heterocycles. The average molecular weight is 482 g/mol. The minimum absolute atomic E-state index is 0.0451. The van der Waals surface area contributed by atoms with Gasteiger partial charge in [-0.15, -0.1) is 0 Å². The van der Waals surface area contributed by atoms with E-state index in [0.717, 1.165) is 5.56 Å². The van der Waals surface area contributed by atoms with Crippen molar-refractivity contribution in [3.8, 4) is 11.8 Å². The molecule has 2 aromatic rings. The molecule has 1 amide bonds. The molecule has 8 nitrogen and oxygen atoms in total. The molecule has 0 radical (unpaired) electrons. The first kappa shape index (κ1) is 24.7. The average Bonchev–Trinajstić information content (AvgIpc) is 2.80. The molecule has 1 aliphatic heterocycles. The number of rotatable bonds is 7. The van der Waals surface area contributed by atoms with E-state index in [1.54, 1.807) is 56.3 Å². The highest BCUT2D eigenvalue weighted by molar-refractivity contribution is 6.31. The van der Waals surface area contributed by atoms with Crippen molar-refractivity contribution < 1.29 is 23.8 Å². The van der Waals surface area contributed by atoms with Crippen molar-refractivity contribution in [2.75, 3.05) is 18.5 Å². The summed E-state index contributed by atoms with van der Waals surface area (Å²) >= 11 is 6.02. The minimum Gasteiger partial charge on any atom is -0.483 e. The van der Waals surface area contributed by atoms with E-state index in [2.05, 4.69) is 5.32 Å². The van der Waals surface area contributed by atoms with Gasteiger partial charge < -0.3 is 25.3 Å². The molecule has 0 spiro atoms. The molecule has 2 aromatic carbocycles. The topological polar surface area (TPSA) is 124 Å². The smallest absolute Gasteiger partial charge is 0.338 e. The molecule has 1 atom stereocenters. The lowest BCUT2D eigenvalue weighted by Gasteiger charge is -2.28. The Morgan fingerprint density at radius 2 is 1.97 bits per heavy atom. The third-order valence-corrected chi connectivity index (χ3v) is 5.40. The van der Waals surface area contributed by atoms with Gasteiger partial charge in [-0.1, -0.05) is 35.9 Å². The van der Waals surface area contributed by atoms with Crippen LogP contribution in [-0.2, 0) is 19.1 Å². The first-order chi connectivity index (χ1) is 16.3. The van der Waals surface area contributed by atoms with Crippen molar-refractivity contribution in [1.82, 2.24) is 0 Å². The second-order valence-electron chi connectivity index (χ2n) is 7.45. The van der Waals surface area contributed by atoms with Crippen molar-refractivity contribution in [2.24, 2.45) is 5.73 Å². The van der Waals surface area contributed by atoms with Crippen molar-refractivity contribution in [3.05, 3.63) is 81.4 Å². The van der Waals surface area contributed by atoms with Gasteiger partial charge >= 0.3 is 5.97 Å². The molecule has 1 heterocycles. The molecular formula is C25H24ClN3O5. The fourth-order valence-electron chi connectivity index (χ4n) is 3.57. The molecule has 34 heavy (non-hydrogen) atoms. The van der Waals surface area contributed by atoms with Gasteiger partial charge in [-0.05, 0) is 44.5 Å². The lowest BCUT2D eigenvalue weighted by Crippen LogP contribution is -2.26. The van der Waals surface area contributed by atoms with E-state index >= 15 is 0 Å². The summed E-state index contributed by atoms with van der Waals surface area (Å²) in [5, 5.41) is 13.0. The van der Waals surface area contributed by atoms with E-state index in [-0.39, 0.29) is 36.0 Å². The summed E-state index contributed by atoms with van der Waals surface area (Å²) in [5.74, 6) is -1.49. The zero-order valence-corrected chi connectivity index (χ0v) is 19.7. The molecule has 0 saturated heterocycles. The third-order valence-electron chi connectivity index (χ3n) is 5.16. The Bertz CT molecular complexity index is 1230. The number of ether oxygens (including phenoxy) is 3. The SMILES string of the molecule is CCOC(=O)C1=C(C)OC(N)=C(C#N)C1c1ccccc1OCC(=O)Nc1cc(Cl)ccc1C. The third kappa shape index (κ3) is 5.33. The number of carbonyl (C=O) groups is 2. The number of esters is 1. The molecule has 0 aliphatic carbocycles. The fourth-order valence-corrected chi connectivity index (χ4v) is 3.75. The summed E-state index contributed by atoms with van der Waals surface area (Å²) in [4.78, 5) is 25.3. The number of halogens is 1. The van der Waals surface area contributed by atoms with E-state index < -0.39 is 17.8 Å². The van der Waals surface area contributed by atoms with E-state index in [1.807, 2.05) is 13.0 Å². The predicted octanol–water partition coefficient (Wildman–Crippen LogP) is 4.31. The number of aryl methyl sites for hydroxylation is 1. The molecule has 3 rings (SSSR count). The van der Waals surface area contributed by atoms with Crippen molar-refractivity contribution in [1.29, 1.82) is 5.26 Å². The minimum atomic E-state index is -0.882. The number of nitrogens with zero attached hydrogens (tertiary/aromatic N) is 1. The molecule has 1 unspecified atom stereocenters. The molecular weight excluding hydrogens is 458 g/mol. The first-order valence-electron chi connectivity index (χ1n) is 10.5. The van der Waals surface area contributed by atoms with Crippen LogP contribution in [0.25, 0.3) is 0 Å².